The van der Waals surface area contributed by atoms with Crippen LogP contribution in [-0.2, 0) is 32.5 Å². The SMILES string of the molecule is COC(=O)[C@]1(C)CCC[C@@]2(C)c3cc(OC)c(CC(=S)N4CCOCC4)cc3CC[C@H]12. The van der Waals surface area contributed by atoms with E-state index in [1.54, 1.807) is 7.11 Å². The first-order valence-corrected chi connectivity index (χ1v) is 11.9. The minimum Gasteiger partial charge on any atom is -0.496 e. The normalized spacial score (nSPS) is 30.2. The van der Waals surface area contributed by atoms with E-state index in [2.05, 4.69) is 30.9 Å². The van der Waals surface area contributed by atoms with Crippen LogP contribution in [0.1, 0.15) is 56.2 Å². The van der Waals surface area contributed by atoms with Crippen molar-refractivity contribution in [2.75, 3.05) is 40.5 Å². The summed E-state index contributed by atoms with van der Waals surface area (Å²) in [4.78, 5) is 16.0. The van der Waals surface area contributed by atoms with Gasteiger partial charge in [-0.25, -0.2) is 0 Å². The Hall–Kier alpha value is -1.66. The number of fused-ring (bicyclic) bond motifs is 3. The lowest BCUT2D eigenvalue weighted by atomic mass is 9.49. The predicted molar refractivity (Wildman–Crippen MR) is 125 cm³/mol. The Balaban J connectivity index is 1.66. The van der Waals surface area contributed by atoms with Gasteiger partial charge >= 0.3 is 5.97 Å². The van der Waals surface area contributed by atoms with Crippen molar-refractivity contribution in [2.45, 2.75) is 57.8 Å². The largest absolute Gasteiger partial charge is 0.496 e. The van der Waals surface area contributed by atoms with Gasteiger partial charge in [-0.2, -0.15) is 0 Å². The summed E-state index contributed by atoms with van der Waals surface area (Å²) in [6, 6.07) is 4.55. The molecule has 0 aromatic heterocycles. The lowest BCUT2D eigenvalue weighted by molar-refractivity contribution is -0.161. The van der Waals surface area contributed by atoms with Gasteiger partial charge in [0.05, 0.1) is 37.8 Å². The molecule has 1 aromatic carbocycles. The number of thiocarbonyl (C=S) groups is 1. The summed E-state index contributed by atoms with van der Waals surface area (Å²) in [6.07, 6.45) is 5.72. The molecule has 0 spiro atoms. The zero-order valence-corrected chi connectivity index (χ0v) is 20.1. The summed E-state index contributed by atoms with van der Waals surface area (Å²) in [6.45, 7) is 7.64. The molecule has 4 rings (SSSR count). The van der Waals surface area contributed by atoms with Crippen LogP contribution in [0.3, 0.4) is 0 Å². The zero-order valence-electron chi connectivity index (χ0n) is 19.3. The average Bonchev–Trinajstić information content (AvgIpc) is 2.78. The van der Waals surface area contributed by atoms with Crippen molar-refractivity contribution in [3.05, 3.63) is 28.8 Å². The maximum atomic E-state index is 12.8. The standard InChI is InChI=1S/C25H35NO4S/c1-24-8-5-9-25(2,23(27)29-4)21(24)7-6-17-14-18(20(28-3)16-19(17)24)15-22(31)26-10-12-30-13-11-26/h14,16,21H,5-13,15H2,1-4H3/t21-,24-,25+/m0/s1. The quantitative estimate of drug-likeness (QED) is 0.514. The van der Waals surface area contributed by atoms with E-state index in [9.17, 15) is 4.79 Å². The zero-order chi connectivity index (χ0) is 22.2. The van der Waals surface area contributed by atoms with E-state index < -0.39 is 5.41 Å². The molecule has 0 N–H and O–H groups in total. The van der Waals surface area contributed by atoms with Crippen molar-refractivity contribution >= 4 is 23.2 Å². The molecule has 1 aliphatic heterocycles. The van der Waals surface area contributed by atoms with Gasteiger partial charge in [-0.1, -0.05) is 31.6 Å². The minimum absolute atomic E-state index is 0.0503. The van der Waals surface area contributed by atoms with Crippen LogP contribution in [0, 0.1) is 11.3 Å². The van der Waals surface area contributed by atoms with Crippen molar-refractivity contribution < 1.29 is 19.0 Å². The molecule has 0 amide bonds. The number of ether oxygens (including phenoxy) is 3. The molecule has 1 saturated heterocycles. The van der Waals surface area contributed by atoms with Gasteiger partial charge in [0.1, 0.15) is 5.75 Å². The highest BCUT2D eigenvalue weighted by atomic mass is 32.1. The third-order valence-electron chi connectivity index (χ3n) is 8.11. The fourth-order valence-corrected chi connectivity index (χ4v) is 6.78. The third kappa shape index (κ3) is 3.86. The topological polar surface area (TPSA) is 48.0 Å². The number of rotatable bonds is 4. The van der Waals surface area contributed by atoms with Crippen molar-refractivity contribution in [3.8, 4) is 5.75 Å². The number of carbonyl (C=O) groups is 1. The number of hydrogen-bond donors (Lipinski definition) is 0. The number of nitrogens with zero attached hydrogens (tertiary/aromatic N) is 1. The lowest BCUT2D eigenvalue weighted by Crippen LogP contribution is -2.52. The number of benzene rings is 1. The van der Waals surface area contributed by atoms with Crippen molar-refractivity contribution in [3.63, 3.8) is 0 Å². The Morgan fingerprint density at radius 1 is 1.23 bits per heavy atom. The first-order chi connectivity index (χ1) is 14.8. The predicted octanol–water partition coefficient (Wildman–Crippen LogP) is 4.08. The summed E-state index contributed by atoms with van der Waals surface area (Å²) in [5.41, 5.74) is 3.41. The van der Waals surface area contributed by atoms with E-state index in [1.807, 2.05) is 0 Å². The van der Waals surface area contributed by atoms with Crippen molar-refractivity contribution in [1.82, 2.24) is 4.90 Å². The molecule has 3 atom stereocenters. The van der Waals surface area contributed by atoms with Gasteiger partial charge in [0, 0.05) is 25.1 Å². The van der Waals surface area contributed by atoms with Crippen LogP contribution < -0.4 is 4.74 Å². The Bertz CT molecular complexity index is 865. The summed E-state index contributed by atoms with van der Waals surface area (Å²) < 4.78 is 16.6. The Labute approximate surface area is 191 Å². The van der Waals surface area contributed by atoms with Crippen molar-refractivity contribution in [2.24, 2.45) is 11.3 Å². The molecule has 5 nitrogen and oxygen atoms in total. The van der Waals surface area contributed by atoms with E-state index in [0.717, 1.165) is 74.7 Å². The third-order valence-corrected chi connectivity index (χ3v) is 8.51. The highest BCUT2D eigenvalue weighted by Gasteiger charge is 2.55. The van der Waals surface area contributed by atoms with Gasteiger partial charge in [-0.15, -0.1) is 0 Å². The fraction of sp³-hybridized carbons (Fsp3) is 0.680. The van der Waals surface area contributed by atoms with Crippen LogP contribution >= 0.6 is 12.2 Å². The molecule has 0 radical (unpaired) electrons. The molecule has 0 unspecified atom stereocenters. The molecular formula is C25H35NO4S. The summed E-state index contributed by atoms with van der Waals surface area (Å²) in [7, 11) is 3.26. The second-order valence-corrected chi connectivity index (χ2v) is 10.2. The van der Waals surface area contributed by atoms with Gasteiger partial charge in [0.2, 0.25) is 0 Å². The van der Waals surface area contributed by atoms with Gasteiger partial charge in [-0.05, 0) is 61.1 Å². The van der Waals surface area contributed by atoms with Gasteiger partial charge in [0.25, 0.3) is 0 Å². The first-order valence-electron chi connectivity index (χ1n) is 11.5. The average molecular weight is 446 g/mol. The van der Waals surface area contributed by atoms with Gasteiger partial charge in [0.15, 0.2) is 0 Å². The van der Waals surface area contributed by atoms with Crippen LogP contribution in [0.2, 0.25) is 0 Å². The van der Waals surface area contributed by atoms with E-state index in [4.69, 9.17) is 26.4 Å². The fourth-order valence-electron chi connectivity index (χ4n) is 6.44. The number of methoxy groups -OCH3 is 2. The monoisotopic (exact) mass is 445 g/mol. The number of esters is 1. The molecule has 170 valence electrons. The molecule has 0 bridgehead atoms. The summed E-state index contributed by atoms with van der Waals surface area (Å²) in [5.74, 6) is 1.12. The van der Waals surface area contributed by atoms with Crippen LogP contribution in [0.15, 0.2) is 12.1 Å². The first kappa shape index (κ1) is 22.5. The molecule has 2 fully saturated rings. The number of aryl methyl sites for hydroxylation is 1. The van der Waals surface area contributed by atoms with Crippen molar-refractivity contribution in [1.29, 1.82) is 0 Å². The summed E-state index contributed by atoms with van der Waals surface area (Å²) in [5, 5.41) is 0. The number of carbonyl (C=O) groups excluding carboxylic acids is 1. The molecule has 1 aromatic rings. The Morgan fingerprint density at radius 3 is 2.65 bits per heavy atom. The van der Waals surface area contributed by atoms with Gasteiger partial charge in [-0.3, -0.25) is 4.79 Å². The van der Waals surface area contributed by atoms with Crippen LogP contribution in [0.25, 0.3) is 0 Å². The molecule has 6 heteroatoms. The molecule has 3 aliphatic rings. The smallest absolute Gasteiger partial charge is 0.311 e. The van der Waals surface area contributed by atoms with E-state index in [-0.39, 0.29) is 17.3 Å². The van der Waals surface area contributed by atoms with Crippen LogP contribution in [0.4, 0.5) is 0 Å². The maximum Gasteiger partial charge on any atom is 0.311 e. The number of hydrogen-bond acceptors (Lipinski definition) is 5. The Kier molecular flexibility index (Phi) is 6.32. The van der Waals surface area contributed by atoms with E-state index in [0.29, 0.717) is 6.42 Å². The van der Waals surface area contributed by atoms with Crippen LogP contribution in [0.5, 0.6) is 5.75 Å². The maximum absolute atomic E-state index is 12.8. The second-order valence-electron chi connectivity index (χ2n) is 9.76. The van der Waals surface area contributed by atoms with E-state index in [1.165, 1.54) is 18.2 Å². The molecule has 1 saturated carbocycles. The van der Waals surface area contributed by atoms with Crippen LogP contribution in [-0.4, -0.2) is 56.4 Å². The van der Waals surface area contributed by atoms with E-state index >= 15 is 0 Å². The minimum atomic E-state index is -0.427. The number of morpholine rings is 1. The highest BCUT2D eigenvalue weighted by Crippen LogP contribution is 2.58. The lowest BCUT2D eigenvalue weighted by Gasteiger charge is -2.54. The second kappa shape index (κ2) is 8.70. The Morgan fingerprint density at radius 2 is 1.97 bits per heavy atom. The molecule has 1 heterocycles. The summed E-state index contributed by atoms with van der Waals surface area (Å²) >= 11 is 5.77. The molecule has 31 heavy (non-hydrogen) atoms. The highest BCUT2D eigenvalue weighted by molar-refractivity contribution is 7.80. The van der Waals surface area contributed by atoms with Gasteiger partial charge < -0.3 is 19.1 Å². The molecular weight excluding hydrogens is 410 g/mol. The molecule has 2 aliphatic carbocycles.